The van der Waals surface area contributed by atoms with Gasteiger partial charge in [-0.25, -0.2) is 8.78 Å². The van der Waals surface area contributed by atoms with E-state index in [0.717, 1.165) is 51.0 Å². The van der Waals surface area contributed by atoms with Gasteiger partial charge in [-0.05, 0) is 37.0 Å². The number of hydrogen-bond donors (Lipinski definition) is 0. The van der Waals surface area contributed by atoms with Crippen molar-refractivity contribution in [2.75, 3.05) is 26.2 Å². The first-order valence-corrected chi connectivity index (χ1v) is 8.58. The molecule has 1 aliphatic carbocycles. The topological polar surface area (TPSA) is 23.6 Å². The number of hydrogen-bond acceptors (Lipinski definition) is 2. The molecule has 3 rings (SSSR count). The second-order valence-electron chi connectivity index (χ2n) is 6.68. The molecule has 0 spiro atoms. The monoisotopic (exact) mass is 322 g/mol. The Morgan fingerprint density at radius 1 is 1.00 bits per heavy atom. The highest BCUT2D eigenvalue weighted by Gasteiger charge is 2.28. The van der Waals surface area contributed by atoms with E-state index >= 15 is 0 Å². The SMILES string of the molecule is O=C(C1CCCC1)N1CCCN(Cc2ccc(F)c(F)c2)CC1. The minimum atomic E-state index is -0.807. The molecule has 2 fully saturated rings. The van der Waals surface area contributed by atoms with Crippen LogP contribution in [0.25, 0.3) is 0 Å². The molecule has 2 aliphatic rings. The summed E-state index contributed by atoms with van der Waals surface area (Å²) >= 11 is 0. The minimum absolute atomic E-state index is 0.229. The van der Waals surface area contributed by atoms with E-state index in [9.17, 15) is 13.6 Å². The average molecular weight is 322 g/mol. The van der Waals surface area contributed by atoms with Gasteiger partial charge in [0.25, 0.3) is 0 Å². The van der Waals surface area contributed by atoms with Gasteiger partial charge in [-0.3, -0.25) is 9.69 Å². The third kappa shape index (κ3) is 4.08. The lowest BCUT2D eigenvalue weighted by Crippen LogP contribution is -2.38. The van der Waals surface area contributed by atoms with Gasteiger partial charge >= 0.3 is 0 Å². The van der Waals surface area contributed by atoms with Crippen LogP contribution in [-0.2, 0) is 11.3 Å². The summed E-state index contributed by atoms with van der Waals surface area (Å²) in [6, 6.07) is 4.07. The maximum atomic E-state index is 13.3. The lowest BCUT2D eigenvalue weighted by atomic mass is 10.1. The van der Waals surface area contributed by atoms with E-state index in [1.807, 2.05) is 4.90 Å². The van der Waals surface area contributed by atoms with Crippen LogP contribution in [0.2, 0.25) is 0 Å². The maximum absolute atomic E-state index is 13.3. The number of carbonyl (C=O) groups is 1. The van der Waals surface area contributed by atoms with Crippen LogP contribution in [-0.4, -0.2) is 41.9 Å². The highest BCUT2D eigenvalue weighted by Crippen LogP contribution is 2.27. The van der Waals surface area contributed by atoms with Crippen molar-refractivity contribution in [2.24, 2.45) is 5.92 Å². The Hall–Kier alpha value is -1.49. The second kappa shape index (κ2) is 7.39. The molecule has 0 atom stereocenters. The molecule has 1 saturated heterocycles. The summed E-state index contributed by atoms with van der Waals surface area (Å²) in [5, 5.41) is 0. The van der Waals surface area contributed by atoms with E-state index in [1.165, 1.54) is 25.0 Å². The Morgan fingerprint density at radius 3 is 2.52 bits per heavy atom. The summed E-state index contributed by atoms with van der Waals surface area (Å²) in [5.74, 6) is -1.06. The van der Waals surface area contributed by atoms with Crippen molar-refractivity contribution in [2.45, 2.75) is 38.6 Å². The molecule has 23 heavy (non-hydrogen) atoms. The zero-order valence-corrected chi connectivity index (χ0v) is 13.4. The zero-order valence-electron chi connectivity index (χ0n) is 13.4. The molecule has 0 radical (unpaired) electrons. The smallest absolute Gasteiger partial charge is 0.225 e. The van der Waals surface area contributed by atoms with Gasteiger partial charge in [-0.1, -0.05) is 18.9 Å². The molecule has 1 aliphatic heterocycles. The van der Waals surface area contributed by atoms with E-state index in [0.29, 0.717) is 12.5 Å². The van der Waals surface area contributed by atoms with E-state index in [-0.39, 0.29) is 5.92 Å². The number of benzene rings is 1. The normalized spacial score (nSPS) is 20.7. The van der Waals surface area contributed by atoms with Crippen molar-refractivity contribution < 1.29 is 13.6 Å². The number of rotatable bonds is 3. The summed E-state index contributed by atoms with van der Waals surface area (Å²) in [6.07, 6.45) is 5.35. The van der Waals surface area contributed by atoms with Crippen LogP contribution in [0.15, 0.2) is 18.2 Å². The summed E-state index contributed by atoms with van der Waals surface area (Å²) in [5.41, 5.74) is 0.777. The molecular formula is C18H24F2N2O. The Kier molecular flexibility index (Phi) is 5.26. The third-order valence-electron chi connectivity index (χ3n) is 4.99. The largest absolute Gasteiger partial charge is 0.341 e. The minimum Gasteiger partial charge on any atom is -0.341 e. The highest BCUT2D eigenvalue weighted by molar-refractivity contribution is 5.79. The van der Waals surface area contributed by atoms with E-state index in [2.05, 4.69) is 4.90 Å². The maximum Gasteiger partial charge on any atom is 0.225 e. The fraction of sp³-hybridized carbons (Fsp3) is 0.611. The van der Waals surface area contributed by atoms with Gasteiger partial charge in [0.2, 0.25) is 5.91 Å². The lowest BCUT2D eigenvalue weighted by molar-refractivity contribution is -0.135. The van der Waals surface area contributed by atoms with Crippen LogP contribution in [0.4, 0.5) is 8.78 Å². The van der Waals surface area contributed by atoms with Crippen molar-refractivity contribution >= 4 is 5.91 Å². The van der Waals surface area contributed by atoms with Crippen LogP contribution in [0.3, 0.4) is 0 Å². The number of carbonyl (C=O) groups excluding carboxylic acids is 1. The van der Waals surface area contributed by atoms with Crippen molar-refractivity contribution in [3.8, 4) is 0 Å². The quantitative estimate of drug-likeness (QED) is 0.853. The Labute approximate surface area is 136 Å². The summed E-state index contributed by atoms with van der Waals surface area (Å²) in [4.78, 5) is 16.7. The predicted octanol–water partition coefficient (Wildman–Crippen LogP) is 3.19. The Bertz CT molecular complexity index is 558. The van der Waals surface area contributed by atoms with Crippen LogP contribution >= 0.6 is 0 Å². The van der Waals surface area contributed by atoms with Crippen molar-refractivity contribution in [1.29, 1.82) is 0 Å². The van der Waals surface area contributed by atoms with Crippen molar-refractivity contribution in [3.05, 3.63) is 35.4 Å². The Balaban J connectivity index is 1.55. The molecule has 1 amide bonds. The summed E-state index contributed by atoms with van der Waals surface area (Å²) < 4.78 is 26.3. The van der Waals surface area contributed by atoms with Gasteiger partial charge in [0.15, 0.2) is 11.6 Å². The molecule has 1 aromatic rings. The molecule has 0 N–H and O–H groups in total. The zero-order chi connectivity index (χ0) is 16.2. The first-order chi connectivity index (χ1) is 11.1. The molecule has 1 aromatic carbocycles. The van der Waals surface area contributed by atoms with Crippen LogP contribution in [0.5, 0.6) is 0 Å². The van der Waals surface area contributed by atoms with Gasteiger partial charge in [0, 0.05) is 38.6 Å². The number of halogens is 2. The number of amides is 1. The Morgan fingerprint density at radius 2 is 1.78 bits per heavy atom. The fourth-order valence-electron chi connectivity index (χ4n) is 3.68. The predicted molar refractivity (Wildman–Crippen MR) is 84.8 cm³/mol. The summed E-state index contributed by atoms with van der Waals surface area (Å²) in [7, 11) is 0. The lowest BCUT2D eigenvalue weighted by Gasteiger charge is -2.24. The molecule has 5 heteroatoms. The first kappa shape index (κ1) is 16.4. The highest BCUT2D eigenvalue weighted by atomic mass is 19.2. The van der Waals surface area contributed by atoms with Gasteiger partial charge in [-0.2, -0.15) is 0 Å². The summed E-state index contributed by atoms with van der Waals surface area (Å²) in [6.45, 7) is 3.82. The molecule has 1 heterocycles. The van der Waals surface area contributed by atoms with Gasteiger partial charge in [0.05, 0.1) is 0 Å². The van der Waals surface area contributed by atoms with Gasteiger partial charge in [0.1, 0.15) is 0 Å². The molecule has 3 nitrogen and oxygen atoms in total. The first-order valence-electron chi connectivity index (χ1n) is 8.58. The standard InChI is InChI=1S/C18H24F2N2O/c19-16-7-6-14(12-17(16)20)13-21-8-3-9-22(11-10-21)18(23)15-4-1-2-5-15/h6-7,12,15H,1-5,8-11,13H2. The van der Waals surface area contributed by atoms with Gasteiger partial charge < -0.3 is 4.90 Å². The van der Waals surface area contributed by atoms with E-state index in [4.69, 9.17) is 0 Å². The van der Waals surface area contributed by atoms with Gasteiger partial charge in [-0.15, -0.1) is 0 Å². The molecule has 126 valence electrons. The molecule has 0 aromatic heterocycles. The van der Waals surface area contributed by atoms with Crippen LogP contribution < -0.4 is 0 Å². The van der Waals surface area contributed by atoms with Crippen LogP contribution in [0, 0.1) is 17.6 Å². The van der Waals surface area contributed by atoms with E-state index in [1.54, 1.807) is 6.07 Å². The van der Waals surface area contributed by atoms with E-state index < -0.39 is 11.6 Å². The third-order valence-corrected chi connectivity index (χ3v) is 4.99. The second-order valence-corrected chi connectivity index (χ2v) is 6.68. The van der Waals surface area contributed by atoms with Crippen molar-refractivity contribution in [1.82, 2.24) is 9.80 Å². The molecule has 0 unspecified atom stereocenters. The molecule has 1 saturated carbocycles. The number of nitrogens with zero attached hydrogens (tertiary/aromatic N) is 2. The molecular weight excluding hydrogens is 298 g/mol. The average Bonchev–Trinajstić information content (AvgIpc) is 2.98. The van der Waals surface area contributed by atoms with Crippen molar-refractivity contribution in [3.63, 3.8) is 0 Å². The fourth-order valence-corrected chi connectivity index (χ4v) is 3.68. The molecule has 0 bridgehead atoms. The van der Waals surface area contributed by atoms with Crippen LogP contribution in [0.1, 0.15) is 37.7 Å².